The molecule has 3 heterocycles. The molecular formula is C26H27N5O3. The smallest absolute Gasteiger partial charge is 0.248 e. The van der Waals surface area contributed by atoms with Crippen molar-refractivity contribution in [3.05, 3.63) is 67.1 Å². The van der Waals surface area contributed by atoms with Gasteiger partial charge >= 0.3 is 0 Å². The van der Waals surface area contributed by atoms with Crippen molar-refractivity contribution in [1.29, 1.82) is 0 Å². The molecular weight excluding hydrogens is 430 g/mol. The lowest BCUT2D eigenvalue weighted by molar-refractivity contribution is -0.111. The molecule has 0 bridgehead atoms. The lowest BCUT2D eigenvalue weighted by Crippen LogP contribution is -2.13. The van der Waals surface area contributed by atoms with E-state index in [0.717, 1.165) is 33.3 Å². The highest BCUT2D eigenvalue weighted by molar-refractivity contribution is 6.00. The van der Waals surface area contributed by atoms with E-state index in [0.29, 0.717) is 23.9 Å². The minimum Gasteiger partial charge on any atom is -0.497 e. The second-order valence-corrected chi connectivity index (χ2v) is 8.02. The summed E-state index contributed by atoms with van der Waals surface area (Å²) < 4.78 is 10.6. The van der Waals surface area contributed by atoms with Crippen LogP contribution in [0.25, 0.3) is 33.3 Å². The zero-order valence-corrected chi connectivity index (χ0v) is 19.6. The fourth-order valence-electron chi connectivity index (χ4n) is 3.57. The van der Waals surface area contributed by atoms with Gasteiger partial charge in [-0.2, -0.15) is 0 Å². The van der Waals surface area contributed by atoms with Crippen molar-refractivity contribution in [2.24, 2.45) is 0 Å². The maximum Gasteiger partial charge on any atom is 0.248 e. The average Bonchev–Trinajstić information content (AvgIpc) is 3.27. The molecule has 8 nitrogen and oxygen atoms in total. The van der Waals surface area contributed by atoms with Crippen LogP contribution >= 0.6 is 0 Å². The first-order chi connectivity index (χ1) is 16.5. The van der Waals surface area contributed by atoms with Gasteiger partial charge in [0.2, 0.25) is 11.8 Å². The largest absolute Gasteiger partial charge is 0.497 e. The van der Waals surface area contributed by atoms with Crippen molar-refractivity contribution >= 4 is 22.6 Å². The van der Waals surface area contributed by atoms with Gasteiger partial charge in [0.25, 0.3) is 0 Å². The van der Waals surface area contributed by atoms with E-state index >= 15 is 0 Å². The van der Waals surface area contributed by atoms with Crippen LogP contribution in [0.5, 0.6) is 11.6 Å². The Hall–Kier alpha value is -4.17. The molecule has 34 heavy (non-hydrogen) atoms. The Balaban J connectivity index is 1.67. The summed E-state index contributed by atoms with van der Waals surface area (Å²) in [5.41, 5.74) is 5.13. The lowest BCUT2D eigenvalue weighted by Gasteiger charge is -2.10. The second-order valence-electron chi connectivity index (χ2n) is 8.02. The number of ether oxygens (including phenoxy) is 2. The highest BCUT2D eigenvalue weighted by atomic mass is 16.5. The number of anilines is 1. The van der Waals surface area contributed by atoms with E-state index in [2.05, 4.69) is 26.3 Å². The molecule has 1 aromatic carbocycles. The summed E-state index contributed by atoms with van der Waals surface area (Å²) >= 11 is 0. The molecule has 3 aromatic heterocycles. The van der Waals surface area contributed by atoms with E-state index in [1.54, 1.807) is 32.7 Å². The molecule has 2 N–H and O–H groups in total. The van der Waals surface area contributed by atoms with Crippen molar-refractivity contribution in [2.45, 2.75) is 0 Å². The third kappa shape index (κ3) is 5.24. The van der Waals surface area contributed by atoms with Crippen molar-refractivity contribution in [2.75, 3.05) is 40.2 Å². The maximum absolute atomic E-state index is 12.3. The Morgan fingerprint density at radius 3 is 2.56 bits per heavy atom. The Kier molecular flexibility index (Phi) is 6.89. The molecule has 0 atom stereocenters. The number of carbonyl (C=O) groups excluding carboxylic acids is 1. The number of rotatable bonds is 8. The maximum atomic E-state index is 12.3. The van der Waals surface area contributed by atoms with Gasteiger partial charge in [-0.1, -0.05) is 6.08 Å². The quantitative estimate of drug-likeness (QED) is 0.382. The predicted molar refractivity (Wildman–Crippen MR) is 134 cm³/mol. The van der Waals surface area contributed by atoms with Gasteiger partial charge < -0.3 is 24.7 Å². The molecule has 4 rings (SSSR count). The monoisotopic (exact) mass is 457 g/mol. The van der Waals surface area contributed by atoms with E-state index in [9.17, 15) is 4.79 Å². The summed E-state index contributed by atoms with van der Waals surface area (Å²) in [5, 5.41) is 3.87. The van der Waals surface area contributed by atoms with Crippen LogP contribution in [0.2, 0.25) is 0 Å². The Morgan fingerprint density at radius 1 is 1.03 bits per heavy atom. The number of amides is 1. The van der Waals surface area contributed by atoms with Gasteiger partial charge in [-0.25, -0.2) is 9.97 Å². The number of benzene rings is 1. The summed E-state index contributed by atoms with van der Waals surface area (Å²) in [4.78, 5) is 26.4. The highest BCUT2D eigenvalue weighted by Crippen LogP contribution is 2.33. The number of nitrogens with zero attached hydrogens (tertiary/aromatic N) is 3. The summed E-state index contributed by atoms with van der Waals surface area (Å²) in [7, 11) is 7.09. The fraction of sp³-hybridized carbons (Fsp3) is 0.192. The number of methoxy groups -OCH3 is 2. The van der Waals surface area contributed by atoms with Gasteiger partial charge in [0, 0.05) is 71.1 Å². The molecule has 8 heteroatoms. The van der Waals surface area contributed by atoms with Gasteiger partial charge in [-0.15, -0.1) is 0 Å². The van der Waals surface area contributed by atoms with Gasteiger partial charge in [-0.05, 0) is 43.9 Å². The zero-order chi connectivity index (χ0) is 24.1. The first kappa shape index (κ1) is 23.0. The Morgan fingerprint density at radius 2 is 1.85 bits per heavy atom. The Bertz CT molecular complexity index is 1330. The number of aromatic nitrogens is 3. The van der Waals surface area contributed by atoms with Crippen LogP contribution in [-0.2, 0) is 4.79 Å². The number of carbonyl (C=O) groups is 1. The normalized spacial score (nSPS) is 11.3. The number of pyridine rings is 2. The third-order valence-electron chi connectivity index (χ3n) is 5.27. The third-order valence-corrected chi connectivity index (χ3v) is 5.27. The van der Waals surface area contributed by atoms with Crippen LogP contribution in [0.4, 0.5) is 5.69 Å². The van der Waals surface area contributed by atoms with E-state index in [4.69, 9.17) is 9.47 Å². The van der Waals surface area contributed by atoms with Crippen LogP contribution in [0.15, 0.2) is 67.1 Å². The van der Waals surface area contributed by atoms with Crippen molar-refractivity contribution in [3.63, 3.8) is 0 Å². The van der Waals surface area contributed by atoms with Crippen LogP contribution in [0.3, 0.4) is 0 Å². The molecule has 0 spiro atoms. The van der Waals surface area contributed by atoms with Crippen LogP contribution < -0.4 is 14.8 Å². The summed E-state index contributed by atoms with van der Waals surface area (Å²) in [6.07, 6.45) is 8.84. The van der Waals surface area contributed by atoms with Crippen LogP contribution in [-0.4, -0.2) is 60.6 Å². The molecule has 174 valence electrons. The molecule has 0 radical (unpaired) electrons. The number of fused-ring (bicyclic) bond motifs is 1. The molecule has 0 aliphatic rings. The number of aromatic amines is 1. The molecule has 1 amide bonds. The van der Waals surface area contributed by atoms with Crippen molar-refractivity contribution in [3.8, 4) is 33.9 Å². The molecule has 0 saturated heterocycles. The fourth-order valence-corrected chi connectivity index (χ4v) is 3.57. The standard InChI is InChI=1S/C26H27N5O3/c1-31(2)9-5-6-24(32)30-20-10-18(11-21(13-20)33-3)19-12-22-23(16-29-26(22)28-15-19)17-7-8-25(34-4)27-14-17/h5-8,10-16H,9H2,1-4H3,(H,28,29)(H,30,32)/b6-5+. The lowest BCUT2D eigenvalue weighted by atomic mass is 10.0. The van der Waals surface area contributed by atoms with Gasteiger partial charge in [0.05, 0.1) is 14.2 Å². The number of hydrogen-bond donors (Lipinski definition) is 2. The van der Waals surface area contributed by atoms with Gasteiger partial charge in [0.15, 0.2) is 0 Å². The number of hydrogen-bond acceptors (Lipinski definition) is 6. The van der Waals surface area contributed by atoms with E-state index in [-0.39, 0.29) is 5.91 Å². The second kappa shape index (κ2) is 10.2. The Labute approximate surface area is 198 Å². The number of H-pyrrole nitrogens is 1. The molecule has 0 fully saturated rings. The number of nitrogens with one attached hydrogen (secondary N) is 2. The van der Waals surface area contributed by atoms with Crippen LogP contribution in [0, 0.1) is 0 Å². The molecule has 0 unspecified atom stereocenters. The summed E-state index contributed by atoms with van der Waals surface area (Å²) in [5.74, 6) is 0.998. The van der Waals surface area contributed by atoms with Gasteiger partial charge in [0.1, 0.15) is 11.4 Å². The SMILES string of the molecule is COc1cc(NC(=O)/C=C/CN(C)C)cc(-c2cnc3[nH]cc(-c4ccc(OC)nc4)c3c2)c1. The van der Waals surface area contributed by atoms with E-state index < -0.39 is 0 Å². The van der Waals surface area contributed by atoms with Gasteiger partial charge in [-0.3, -0.25) is 4.79 Å². The highest BCUT2D eigenvalue weighted by Gasteiger charge is 2.12. The topological polar surface area (TPSA) is 92.4 Å². The van der Waals surface area contributed by atoms with Crippen molar-refractivity contribution in [1.82, 2.24) is 19.9 Å². The zero-order valence-electron chi connectivity index (χ0n) is 19.6. The minimum atomic E-state index is -0.199. The minimum absolute atomic E-state index is 0.199. The molecule has 0 saturated carbocycles. The first-order valence-corrected chi connectivity index (χ1v) is 10.8. The van der Waals surface area contributed by atoms with Crippen molar-refractivity contribution < 1.29 is 14.3 Å². The summed E-state index contributed by atoms with van der Waals surface area (Å²) in [6, 6.07) is 11.5. The summed E-state index contributed by atoms with van der Waals surface area (Å²) in [6.45, 7) is 0.686. The molecule has 0 aliphatic carbocycles. The van der Waals surface area contributed by atoms with E-state index in [1.165, 1.54) is 6.08 Å². The molecule has 0 aliphatic heterocycles. The number of likely N-dealkylation sites (N-methyl/N-ethyl adjacent to an activating group) is 1. The predicted octanol–water partition coefficient (Wildman–Crippen LogP) is 4.37. The first-order valence-electron chi connectivity index (χ1n) is 10.8. The molecule has 4 aromatic rings. The van der Waals surface area contributed by atoms with E-state index in [1.807, 2.05) is 55.5 Å². The average molecular weight is 458 g/mol. The van der Waals surface area contributed by atoms with Crippen LogP contribution in [0.1, 0.15) is 0 Å².